The summed E-state index contributed by atoms with van der Waals surface area (Å²) in [5.41, 5.74) is 0.250. The zero-order valence-electron chi connectivity index (χ0n) is 11.7. The molecule has 0 aliphatic rings. The van der Waals surface area contributed by atoms with Crippen molar-refractivity contribution in [3.05, 3.63) is 24.3 Å². The molecule has 0 aliphatic carbocycles. The Balaban J connectivity index is 0. The van der Waals surface area contributed by atoms with Gasteiger partial charge in [0.2, 0.25) is 0 Å². The van der Waals surface area contributed by atoms with Gasteiger partial charge in [0.1, 0.15) is 5.60 Å². The average Bonchev–Trinajstić information content (AvgIpc) is 2.60. The van der Waals surface area contributed by atoms with Crippen LogP contribution in [0.15, 0.2) is 6.20 Å². The summed E-state index contributed by atoms with van der Waals surface area (Å²) in [6.45, 7) is 8.80. The van der Waals surface area contributed by atoms with E-state index >= 15 is 0 Å². The van der Waals surface area contributed by atoms with Crippen molar-refractivity contribution in [3.8, 4) is 0 Å². The number of H-pyrrole nitrogens is 1. The molecule has 1 aromatic heterocycles. The van der Waals surface area contributed by atoms with Crippen LogP contribution in [0.1, 0.15) is 32.3 Å². The minimum Gasteiger partial charge on any atom is -0.445 e. The number of imidazole rings is 1. The number of ether oxygens (including phenoxy) is 1. The predicted octanol–water partition coefficient (Wildman–Crippen LogP) is -1.83. The Morgan fingerprint density at radius 2 is 2.00 bits per heavy atom. The van der Waals surface area contributed by atoms with Crippen LogP contribution in [0.5, 0.6) is 0 Å². The third kappa shape index (κ3) is 12.2. The average molecular weight is 293 g/mol. The van der Waals surface area contributed by atoms with Gasteiger partial charge in [-0.25, -0.2) is 4.79 Å². The molecule has 0 aliphatic heterocycles. The number of nitrogens with one attached hydrogen (secondary N) is 2. The quantitative estimate of drug-likeness (QED) is 0.493. The minimum absolute atomic E-state index is 0. The molecule has 7 nitrogen and oxygen atoms in total. The van der Waals surface area contributed by atoms with Crippen molar-refractivity contribution in [2.45, 2.75) is 33.3 Å². The molecular formula is C11H16KN3O4. The van der Waals surface area contributed by atoms with Gasteiger partial charge in [-0.2, -0.15) is 9.59 Å². The fraction of sp³-hybridized carbons (Fsp3) is 0.455. The molecule has 1 amide bonds. The van der Waals surface area contributed by atoms with E-state index in [9.17, 15) is 4.79 Å². The van der Waals surface area contributed by atoms with Crippen LogP contribution in [0, 0.1) is 13.5 Å². The molecule has 1 aromatic rings. The second-order valence-corrected chi connectivity index (χ2v) is 4.30. The summed E-state index contributed by atoms with van der Waals surface area (Å²) in [6, 6.07) is 0. The molecule has 0 fully saturated rings. The van der Waals surface area contributed by atoms with Crippen molar-refractivity contribution in [3.63, 3.8) is 0 Å². The SMILES string of the molecule is Cc1ncc([CH-]NC(=O)OC(C)(C)C)[nH]1.O=C=O.[K+]. The molecule has 0 bridgehead atoms. The van der Waals surface area contributed by atoms with Crippen molar-refractivity contribution in [1.29, 1.82) is 0 Å². The number of amides is 1. The monoisotopic (exact) mass is 293 g/mol. The normalized spacial score (nSPS) is 9.05. The van der Waals surface area contributed by atoms with Gasteiger partial charge in [0.15, 0.2) is 0 Å². The first-order chi connectivity index (χ1) is 8.28. The van der Waals surface area contributed by atoms with Crippen molar-refractivity contribution in [1.82, 2.24) is 15.3 Å². The Morgan fingerprint density at radius 1 is 1.47 bits per heavy atom. The number of alkyl carbamates (subject to hydrolysis) is 1. The smallest absolute Gasteiger partial charge is 0.445 e. The van der Waals surface area contributed by atoms with Crippen molar-refractivity contribution < 1.29 is 70.5 Å². The van der Waals surface area contributed by atoms with Crippen LogP contribution < -0.4 is 56.7 Å². The van der Waals surface area contributed by atoms with Gasteiger partial charge in [0.25, 0.3) is 0 Å². The van der Waals surface area contributed by atoms with Gasteiger partial charge in [-0.05, 0) is 27.7 Å². The maximum atomic E-state index is 11.2. The molecule has 100 valence electrons. The number of nitrogens with zero attached hydrogens (tertiary/aromatic N) is 1. The van der Waals surface area contributed by atoms with Gasteiger partial charge in [-0.1, -0.05) is 11.9 Å². The van der Waals surface area contributed by atoms with Gasteiger partial charge in [0.05, 0.1) is 5.82 Å². The number of aromatic amines is 1. The third-order valence-electron chi connectivity index (χ3n) is 1.47. The summed E-state index contributed by atoms with van der Waals surface area (Å²) in [4.78, 5) is 34.4. The molecule has 1 heterocycles. The third-order valence-corrected chi connectivity index (χ3v) is 1.47. The van der Waals surface area contributed by atoms with E-state index in [4.69, 9.17) is 14.3 Å². The summed E-state index contributed by atoms with van der Waals surface area (Å²) in [5.74, 6) is 0.798. The molecule has 0 atom stereocenters. The van der Waals surface area contributed by atoms with E-state index in [1.54, 1.807) is 6.20 Å². The van der Waals surface area contributed by atoms with E-state index in [0.717, 1.165) is 11.5 Å². The van der Waals surface area contributed by atoms with Crippen LogP contribution in [0.3, 0.4) is 0 Å². The van der Waals surface area contributed by atoms with Crippen LogP contribution >= 0.6 is 0 Å². The van der Waals surface area contributed by atoms with Crippen LogP contribution in [0.25, 0.3) is 0 Å². The Morgan fingerprint density at radius 3 is 2.37 bits per heavy atom. The summed E-state index contributed by atoms with van der Waals surface area (Å²) in [5, 5.41) is 2.51. The van der Waals surface area contributed by atoms with Crippen LogP contribution in [-0.2, 0) is 14.3 Å². The largest absolute Gasteiger partial charge is 1.00 e. The second kappa shape index (κ2) is 10.2. The van der Waals surface area contributed by atoms with E-state index in [1.165, 1.54) is 6.54 Å². The molecule has 0 saturated heterocycles. The number of carbonyl (C=O) groups is 1. The molecule has 1 rings (SSSR count). The first-order valence-electron chi connectivity index (χ1n) is 5.12. The topological polar surface area (TPSA) is 101 Å². The van der Waals surface area contributed by atoms with Gasteiger partial charge < -0.3 is 20.0 Å². The maximum Gasteiger partial charge on any atom is 1.00 e. The van der Waals surface area contributed by atoms with E-state index < -0.39 is 11.7 Å². The fourth-order valence-electron chi connectivity index (χ4n) is 0.957. The van der Waals surface area contributed by atoms with Crippen molar-refractivity contribution in [2.24, 2.45) is 0 Å². The first-order valence-corrected chi connectivity index (χ1v) is 5.12. The summed E-state index contributed by atoms with van der Waals surface area (Å²) in [7, 11) is 0. The minimum atomic E-state index is -0.484. The number of aryl methyl sites for hydroxylation is 1. The standard InChI is InChI=1S/C10H16N3O2.CO2.K/c1-7-11-5-8(13-7)6-12-9(14)15-10(2,3)4;2-1-3;/h5-6H,1-4H3,(H,11,13)(H,12,14);;/q-1;;+1. The van der Waals surface area contributed by atoms with Crippen LogP contribution in [-0.4, -0.2) is 27.8 Å². The number of aromatic nitrogens is 2. The number of rotatable bonds is 2. The van der Waals surface area contributed by atoms with Crippen LogP contribution in [0.4, 0.5) is 4.79 Å². The molecular weight excluding hydrogens is 277 g/mol. The summed E-state index contributed by atoms with van der Waals surface area (Å²) >= 11 is 0. The molecule has 8 heteroatoms. The summed E-state index contributed by atoms with van der Waals surface area (Å²) < 4.78 is 5.05. The Labute approximate surface area is 154 Å². The fourth-order valence-corrected chi connectivity index (χ4v) is 0.957. The van der Waals surface area contributed by atoms with E-state index in [0.29, 0.717) is 0 Å². The van der Waals surface area contributed by atoms with Crippen molar-refractivity contribution >= 4 is 12.2 Å². The second-order valence-electron chi connectivity index (χ2n) is 4.30. The molecule has 2 N–H and O–H groups in total. The van der Waals surface area contributed by atoms with Gasteiger partial charge in [-0.15, -0.1) is 6.54 Å². The maximum absolute atomic E-state index is 11.2. The first kappa shape index (κ1) is 20.7. The number of carbonyl (C=O) groups excluding carboxylic acids is 3. The molecule has 0 spiro atoms. The van der Waals surface area contributed by atoms with Gasteiger partial charge in [-0.3, -0.25) is 0 Å². The zero-order chi connectivity index (χ0) is 14.2. The van der Waals surface area contributed by atoms with Crippen molar-refractivity contribution in [2.75, 3.05) is 0 Å². The predicted molar refractivity (Wildman–Crippen MR) is 61.1 cm³/mol. The molecule has 0 aromatic carbocycles. The Kier molecular flexibility index (Phi) is 11.1. The van der Waals surface area contributed by atoms with E-state index in [1.807, 2.05) is 27.7 Å². The molecule has 0 unspecified atom stereocenters. The molecule has 0 radical (unpaired) electrons. The van der Waals surface area contributed by atoms with E-state index in [2.05, 4.69) is 15.3 Å². The number of hydrogen-bond donors (Lipinski definition) is 2. The van der Waals surface area contributed by atoms with Gasteiger partial charge in [0, 0.05) is 0 Å². The van der Waals surface area contributed by atoms with Crippen LogP contribution in [0.2, 0.25) is 0 Å². The zero-order valence-corrected chi connectivity index (χ0v) is 14.9. The number of hydrogen-bond acceptors (Lipinski definition) is 5. The van der Waals surface area contributed by atoms with E-state index in [-0.39, 0.29) is 57.5 Å². The van der Waals surface area contributed by atoms with Gasteiger partial charge >= 0.3 is 63.6 Å². The Bertz CT molecular complexity index is 420. The summed E-state index contributed by atoms with van der Waals surface area (Å²) in [6.07, 6.45) is 1.40. The molecule has 0 saturated carbocycles. The molecule has 19 heavy (non-hydrogen) atoms. The Hall–Kier alpha value is -0.634.